The number of carbonyl (C=O) groups excluding carboxylic acids is 1. The van der Waals surface area contributed by atoms with Gasteiger partial charge in [-0.2, -0.15) is 0 Å². The van der Waals surface area contributed by atoms with Crippen molar-refractivity contribution >= 4 is 15.9 Å². The molecular formula is C19H24N2O5S. The quantitative estimate of drug-likeness (QED) is 0.744. The summed E-state index contributed by atoms with van der Waals surface area (Å²) in [6.45, 7) is 1.71. The number of rotatable bonds is 8. The molecule has 146 valence electrons. The predicted molar refractivity (Wildman–Crippen MR) is 102 cm³/mol. The van der Waals surface area contributed by atoms with E-state index < -0.39 is 10.0 Å². The smallest absolute Gasteiger partial charge is 0.258 e. The molecule has 0 radical (unpaired) electrons. The number of hydrogen-bond acceptors (Lipinski definition) is 5. The lowest BCUT2D eigenvalue weighted by molar-refractivity contribution is -0.123. The number of nitrogens with zero attached hydrogens (tertiary/aromatic N) is 1. The minimum Gasteiger partial charge on any atom is -0.497 e. The zero-order valence-corrected chi connectivity index (χ0v) is 16.6. The summed E-state index contributed by atoms with van der Waals surface area (Å²) in [4.78, 5) is 12.2. The minimum atomic E-state index is -3.49. The monoisotopic (exact) mass is 392 g/mol. The number of amides is 1. The largest absolute Gasteiger partial charge is 0.497 e. The first-order valence-electron chi connectivity index (χ1n) is 8.32. The zero-order chi connectivity index (χ0) is 20.0. The molecule has 0 saturated carbocycles. The SMILES string of the molecule is COc1ccc(C(C)NC(=O)COc2ccc(S(=O)(=O)N(C)C)cc2)cc1. The molecule has 2 rings (SSSR count). The maximum absolute atomic E-state index is 12.1. The number of benzene rings is 2. The van der Waals surface area contributed by atoms with Crippen LogP contribution in [0.1, 0.15) is 18.5 Å². The molecular weight excluding hydrogens is 368 g/mol. The van der Waals surface area contributed by atoms with E-state index in [1.165, 1.54) is 38.4 Å². The van der Waals surface area contributed by atoms with Crippen LogP contribution < -0.4 is 14.8 Å². The topological polar surface area (TPSA) is 84.9 Å². The van der Waals surface area contributed by atoms with E-state index in [2.05, 4.69) is 5.32 Å². The molecule has 0 heterocycles. The van der Waals surface area contributed by atoms with Crippen molar-refractivity contribution in [2.24, 2.45) is 0 Å². The van der Waals surface area contributed by atoms with Crippen LogP contribution >= 0.6 is 0 Å². The lowest BCUT2D eigenvalue weighted by atomic mass is 10.1. The summed E-state index contributed by atoms with van der Waals surface area (Å²) in [6, 6.07) is 13.2. The molecule has 0 aliphatic carbocycles. The van der Waals surface area contributed by atoms with Crippen LogP contribution in [-0.2, 0) is 14.8 Å². The van der Waals surface area contributed by atoms with Gasteiger partial charge in [0.15, 0.2) is 6.61 Å². The number of sulfonamides is 1. The lowest BCUT2D eigenvalue weighted by Gasteiger charge is -2.15. The van der Waals surface area contributed by atoms with E-state index in [-0.39, 0.29) is 23.5 Å². The molecule has 0 aromatic heterocycles. The molecule has 8 heteroatoms. The van der Waals surface area contributed by atoms with E-state index in [1.54, 1.807) is 7.11 Å². The van der Waals surface area contributed by atoms with Crippen LogP contribution in [0.15, 0.2) is 53.4 Å². The van der Waals surface area contributed by atoms with E-state index >= 15 is 0 Å². The van der Waals surface area contributed by atoms with Crippen molar-refractivity contribution in [2.75, 3.05) is 27.8 Å². The average Bonchev–Trinajstić information content (AvgIpc) is 2.66. The summed E-state index contributed by atoms with van der Waals surface area (Å²) < 4.78 is 35.7. The molecule has 1 atom stereocenters. The summed E-state index contributed by atoms with van der Waals surface area (Å²) in [5, 5.41) is 2.85. The number of nitrogens with one attached hydrogen (secondary N) is 1. The average molecular weight is 392 g/mol. The minimum absolute atomic E-state index is 0.164. The zero-order valence-electron chi connectivity index (χ0n) is 15.8. The van der Waals surface area contributed by atoms with Gasteiger partial charge in [0.05, 0.1) is 18.0 Å². The Morgan fingerprint density at radius 3 is 2.11 bits per heavy atom. The third-order valence-electron chi connectivity index (χ3n) is 3.97. The van der Waals surface area contributed by atoms with Gasteiger partial charge in [-0.1, -0.05) is 12.1 Å². The number of hydrogen-bond donors (Lipinski definition) is 1. The summed E-state index contributed by atoms with van der Waals surface area (Å²) in [7, 11) is 1.04. The van der Waals surface area contributed by atoms with Gasteiger partial charge in [-0.05, 0) is 48.9 Å². The Balaban J connectivity index is 1.89. The highest BCUT2D eigenvalue weighted by atomic mass is 32.2. The molecule has 0 fully saturated rings. The van der Waals surface area contributed by atoms with Gasteiger partial charge in [0.2, 0.25) is 10.0 Å². The standard InChI is InChI=1S/C19H24N2O5S/c1-14(15-5-7-16(25-4)8-6-15)20-19(22)13-26-17-9-11-18(12-10-17)27(23,24)21(2)3/h5-12,14H,13H2,1-4H3,(H,20,22). The first kappa shape index (κ1) is 20.7. The van der Waals surface area contributed by atoms with E-state index in [1.807, 2.05) is 31.2 Å². The Hall–Kier alpha value is -2.58. The highest BCUT2D eigenvalue weighted by molar-refractivity contribution is 7.89. The van der Waals surface area contributed by atoms with Gasteiger partial charge in [0, 0.05) is 14.1 Å². The van der Waals surface area contributed by atoms with Crippen LogP contribution in [0.25, 0.3) is 0 Å². The summed E-state index contributed by atoms with van der Waals surface area (Å²) in [5.41, 5.74) is 0.947. The molecule has 1 N–H and O–H groups in total. The predicted octanol–water partition coefficient (Wildman–Crippen LogP) is 2.20. The van der Waals surface area contributed by atoms with Crippen molar-refractivity contribution in [2.45, 2.75) is 17.9 Å². The highest BCUT2D eigenvalue weighted by Crippen LogP contribution is 2.19. The summed E-state index contributed by atoms with van der Waals surface area (Å²) >= 11 is 0. The molecule has 1 unspecified atom stereocenters. The molecule has 7 nitrogen and oxygen atoms in total. The van der Waals surface area contributed by atoms with Crippen molar-refractivity contribution in [1.82, 2.24) is 9.62 Å². The molecule has 2 aromatic rings. The van der Waals surface area contributed by atoms with Gasteiger partial charge in [0.25, 0.3) is 5.91 Å². The Bertz CT molecular complexity index is 862. The van der Waals surface area contributed by atoms with E-state index in [0.29, 0.717) is 5.75 Å². The van der Waals surface area contributed by atoms with Crippen molar-refractivity contribution < 1.29 is 22.7 Å². The fourth-order valence-corrected chi connectivity index (χ4v) is 3.23. The maximum Gasteiger partial charge on any atom is 0.258 e. The molecule has 0 aliphatic heterocycles. The normalized spacial score (nSPS) is 12.5. The molecule has 27 heavy (non-hydrogen) atoms. The first-order valence-corrected chi connectivity index (χ1v) is 9.76. The molecule has 0 saturated heterocycles. The van der Waals surface area contributed by atoms with Crippen LogP contribution in [0.4, 0.5) is 0 Å². The van der Waals surface area contributed by atoms with E-state index in [9.17, 15) is 13.2 Å². The van der Waals surface area contributed by atoms with Crippen molar-refractivity contribution in [3.8, 4) is 11.5 Å². The second kappa shape index (κ2) is 8.88. The van der Waals surface area contributed by atoms with Gasteiger partial charge >= 0.3 is 0 Å². The second-order valence-electron chi connectivity index (χ2n) is 6.11. The van der Waals surface area contributed by atoms with Crippen molar-refractivity contribution in [1.29, 1.82) is 0 Å². The van der Waals surface area contributed by atoms with E-state index in [4.69, 9.17) is 9.47 Å². The number of carbonyl (C=O) groups is 1. The third-order valence-corrected chi connectivity index (χ3v) is 5.79. The van der Waals surface area contributed by atoms with Gasteiger partial charge in [-0.3, -0.25) is 4.79 Å². The van der Waals surface area contributed by atoms with Crippen molar-refractivity contribution in [3.05, 3.63) is 54.1 Å². The molecule has 0 bridgehead atoms. The summed E-state index contributed by atoms with van der Waals surface area (Å²) in [6.07, 6.45) is 0. The highest BCUT2D eigenvalue weighted by Gasteiger charge is 2.17. The van der Waals surface area contributed by atoms with Gasteiger partial charge in [-0.25, -0.2) is 12.7 Å². The molecule has 0 spiro atoms. The van der Waals surface area contributed by atoms with Crippen LogP contribution in [0, 0.1) is 0 Å². The third kappa shape index (κ3) is 5.45. The van der Waals surface area contributed by atoms with Crippen molar-refractivity contribution in [3.63, 3.8) is 0 Å². The molecule has 2 aromatic carbocycles. The fourth-order valence-electron chi connectivity index (χ4n) is 2.33. The van der Waals surface area contributed by atoms with Gasteiger partial charge in [-0.15, -0.1) is 0 Å². The molecule has 0 aliphatic rings. The van der Waals surface area contributed by atoms with Gasteiger partial charge < -0.3 is 14.8 Å². The maximum atomic E-state index is 12.1. The first-order chi connectivity index (χ1) is 12.7. The Labute approximate surface area is 160 Å². The lowest BCUT2D eigenvalue weighted by Crippen LogP contribution is -2.31. The molecule has 1 amide bonds. The van der Waals surface area contributed by atoms with E-state index in [0.717, 1.165) is 15.6 Å². The van der Waals surface area contributed by atoms with Crippen LogP contribution in [-0.4, -0.2) is 46.4 Å². The van der Waals surface area contributed by atoms with Crippen LogP contribution in [0.3, 0.4) is 0 Å². The van der Waals surface area contributed by atoms with Gasteiger partial charge in [0.1, 0.15) is 11.5 Å². The Kier molecular flexibility index (Phi) is 6.81. The number of methoxy groups -OCH3 is 1. The number of ether oxygens (including phenoxy) is 2. The Morgan fingerprint density at radius 2 is 1.59 bits per heavy atom. The second-order valence-corrected chi connectivity index (χ2v) is 8.26. The van der Waals surface area contributed by atoms with Crippen LogP contribution in [0.5, 0.6) is 11.5 Å². The Morgan fingerprint density at radius 1 is 1.04 bits per heavy atom. The fraction of sp³-hybridized carbons (Fsp3) is 0.316. The summed E-state index contributed by atoms with van der Waals surface area (Å²) in [5.74, 6) is 0.892. The van der Waals surface area contributed by atoms with Crippen LogP contribution in [0.2, 0.25) is 0 Å².